The summed E-state index contributed by atoms with van der Waals surface area (Å²) >= 11 is 0. The Balaban J connectivity index is 1.13. The molecule has 2 aromatic heterocycles. The SMILES string of the molecule is c1ccc(-c2ccccc2-c2c(-c3ccccc3)cccc2N(c2ccc(-c3cccc4c3oc3ccccc34)cc2)c2ccc3c4ccccc4n(-c4ccccc4)c3c2)cc1. The van der Waals surface area contributed by atoms with Crippen molar-refractivity contribution in [1.29, 1.82) is 0 Å². The largest absolute Gasteiger partial charge is 0.455 e. The molecule has 0 fully saturated rings. The summed E-state index contributed by atoms with van der Waals surface area (Å²) in [6.07, 6.45) is 0. The molecule has 0 atom stereocenters. The van der Waals surface area contributed by atoms with E-state index in [4.69, 9.17) is 4.42 Å². The topological polar surface area (TPSA) is 21.3 Å². The summed E-state index contributed by atoms with van der Waals surface area (Å²) in [4.78, 5) is 2.45. The first-order valence-corrected chi connectivity index (χ1v) is 21.5. The predicted molar refractivity (Wildman–Crippen MR) is 264 cm³/mol. The van der Waals surface area contributed by atoms with E-state index in [1.807, 2.05) is 12.1 Å². The first-order valence-electron chi connectivity index (χ1n) is 21.5. The van der Waals surface area contributed by atoms with Gasteiger partial charge >= 0.3 is 0 Å². The number of aromatic nitrogens is 1. The highest BCUT2D eigenvalue weighted by Crippen LogP contribution is 2.49. The van der Waals surface area contributed by atoms with E-state index in [9.17, 15) is 0 Å². The van der Waals surface area contributed by atoms with Crippen molar-refractivity contribution >= 4 is 60.8 Å². The maximum Gasteiger partial charge on any atom is 0.143 e. The monoisotopic (exact) mass is 804 g/mol. The second-order valence-electron chi connectivity index (χ2n) is 16.0. The summed E-state index contributed by atoms with van der Waals surface area (Å²) in [6, 6.07) is 87.2. The van der Waals surface area contributed by atoms with Gasteiger partial charge in [0.05, 0.1) is 16.7 Å². The van der Waals surface area contributed by atoms with Crippen LogP contribution in [0.3, 0.4) is 0 Å². The van der Waals surface area contributed by atoms with Crippen molar-refractivity contribution in [3.8, 4) is 50.2 Å². The van der Waals surface area contributed by atoms with Gasteiger partial charge in [-0.1, -0.05) is 188 Å². The van der Waals surface area contributed by atoms with Gasteiger partial charge in [0.1, 0.15) is 11.2 Å². The fourth-order valence-electron chi connectivity index (χ4n) is 9.58. The molecule has 0 saturated carbocycles. The lowest BCUT2D eigenvalue weighted by Gasteiger charge is -2.30. The third-order valence-electron chi connectivity index (χ3n) is 12.4. The second kappa shape index (κ2) is 15.3. The molecular weight excluding hydrogens is 765 g/mol. The van der Waals surface area contributed by atoms with Gasteiger partial charge in [-0.15, -0.1) is 0 Å². The molecule has 10 aromatic carbocycles. The maximum atomic E-state index is 6.52. The molecule has 0 aliphatic heterocycles. The van der Waals surface area contributed by atoms with Crippen LogP contribution in [0.4, 0.5) is 17.1 Å². The highest BCUT2D eigenvalue weighted by Gasteiger charge is 2.24. The average Bonchev–Trinajstić information content (AvgIpc) is 3.91. The number of rotatable bonds is 8. The van der Waals surface area contributed by atoms with Gasteiger partial charge in [0, 0.05) is 49.7 Å². The van der Waals surface area contributed by atoms with Crippen LogP contribution in [0.1, 0.15) is 0 Å². The molecule has 12 aromatic rings. The Morgan fingerprint density at radius 3 is 1.65 bits per heavy atom. The molecule has 0 radical (unpaired) electrons. The Labute approximate surface area is 366 Å². The summed E-state index contributed by atoms with van der Waals surface area (Å²) in [5.41, 5.74) is 17.6. The zero-order valence-corrected chi connectivity index (χ0v) is 34.4. The number of anilines is 3. The summed E-state index contributed by atoms with van der Waals surface area (Å²) in [7, 11) is 0. The molecule has 3 heteroatoms. The van der Waals surface area contributed by atoms with Crippen molar-refractivity contribution < 1.29 is 4.42 Å². The van der Waals surface area contributed by atoms with Crippen LogP contribution in [-0.2, 0) is 0 Å². The van der Waals surface area contributed by atoms with E-state index in [0.29, 0.717) is 0 Å². The Hall–Kier alpha value is -8.40. The molecule has 0 bridgehead atoms. The van der Waals surface area contributed by atoms with E-state index in [1.54, 1.807) is 0 Å². The minimum atomic E-state index is 0.896. The lowest BCUT2D eigenvalue weighted by Crippen LogP contribution is -2.12. The van der Waals surface area contributed by atoms with Gasteiger partial charge in [0.15, 0.2) is 0 Å². The summed E-state index contributed by atoms with van der Waals surface area (Å²) in [6.45, 7) is 0. The van der Waals surface area contributed by atoms with Crippen LogP contribution in [0.2, 0.25) is 0 Å². The zero-order chi connectivity index (χ0) is 41.7. The van der Waals surface area contributed by atoms with Crippen molar-refractivity contribution in [2.45, 2.75) is 0 Å². The predicted octanol–water partition coefficient (Wildman–Crippen LogP) is 16.8. The smallest absolute Gasteiger partial charge is 0.143 e. The first-order chi connectivity index (χ1) is 31.3. The quantitative estimate of drug-likeness (QED) is 0.153. The average molecular weight is 805 g/mol. The van der Waals surface area contributed by atoms with Crippen LogP contribution in [0, 0.1) is 0 Å². The van der Waals surface area contributed by atoms with E-state index in [2.05, 4.69) is 240 Å². The standard InChI is InChI=1S/C60H40N2O/c1-4-18-41(19-5-1)47-24-10-11-27-53(47)59-48(42-20-6-2-7-21-42)28-17-32-56(59)61(45-36-34-43(35-37-45)49-29-16-30-54-52-26-13-15-33-58(52)63-60(49)54)46-38-39-51-50-25-12-14-31-55(50)62(57(51)40-46)44-22-8-3-9-23-44/h1-40H. The molecular formula is C60H40N2O. The number of hydrogen-bond acceptors (Lipinski definition) is 2. The molecule has 0 N–H and O–H groups in total. The van der Waals surface area contributed by atoms with Crippen LogP contribution in [0.5, 0.6) is 0 Å². The summed E-state index contributed by atoms with van der Waals surface area (Å²) in [5, 5.41) is 4.68. The molecule has 0 aliphatic rings. The van der Waals surface area contributed by atoms with Crippen LogP contribution >= 0.6 is 0 Å². The fraction of sp³-hybridized carbons (Fsp3) is 0. The highest BCUT2D eigenvalue weighted by atomic mass is 16.3. The van der Waals surface area contributed by atoms with Crippen molar-refractivity contribution in [3.63, 3.8) is 0 Å². The second-order valence-corrected chi connectivity index (χ2v) is 16.0. The Bertz CT molecular complexity index is 3600. The summed E-state index contributed by atoms with van der Waals surface area (Å²) in [5.74, 6) is 0. The number of fused-ring (bicyclic) bond motifs is 6. The molecule has 3 nitrogen and oxygen atoms in total. The van der Waals surface area contributed by atoms with Crippen molar-refractivity contribution in [2.24, 2.45) is 0 Å². The van der Waals surface area contributed by atoms with E-state index in [1.165, 1.54) is 27.4 Å². The number of furan rings is 1. The number of benzene rings is 10. The third-order valence-corrected chi connectivity index (χ3v) is 12.4. The Morgan fingerprint density at radius 2 is 0.873 bits per heavy atom. The normalized spacial score (nSPS) is 11.5. The molecule has 0 amide bonds. The summed E-state index contributed by atoms with van der Waals surface area (Å²) < 4.78 is 8.92. The van der Waals surface area contributed by atoms with Gasteiger partial charge in [-0.05, 0) is 88.0 Å². The number of nitrogens with zero attached hydrogens (tertiary/aromatic N) is 2. The van der Waals surface area contributed by atoms with E-state index >= 15 is 0 Å². The van der Waals surface area contributed by atoms with Gasteiger partial charge in [0.25, 0.3) is 0 Å². The minimum absolute atomic E-state index is 0.896. The third kappa shape index (κ3) is 6.21. The van der Waals surface area contributed by atoms with Gasteiger partial charge < -0.3 is 13.9 Å². The lowest BCUT2D eigenvalue weighted by molar-refractivity contribution is 0.670. The number of hydrogen-bond donors (Lipinski definition) is 0. The molecule has 0 spiro atoms. The molecule has 0 aliphatic carbocycles. The highest BCUT2D eigenvalue weighted by molar-refractivity contribution is 6.12. The molecule has 0 unspecified atom stereocenters. The number of para-hydroxylation sites is 4. The molecule has 0 saturated heterocycles. The van der Waals surface area contributed by atoms with Crippen molar-refractivity contribution in [3.05, 3.63) is 243 Å². The van der Waals surface area contributed by atoms with E-state index < -0.39 is 0 Å². The first kappa shape index (κ1) is 36.5. The molecule has 2 heterocycles. The minimum Gasteiger partial charge on any atom is -0.455 e. The zero-order valence-electron chi connectivity index (χ0n) is 34.4. The van der Waals surface area contributed by atoms with Crippen LogP contribution in [-0.4, -0.2) is 4.57 Å². The van der Waals surface area contributed by atoms with E-state index in [0.717, 1.165) is 83.6 Å². The fourth-order valence-corrected chi connectivity index (χ4v) is 9.58. The maximum absolute atomic E-state index is 6.52. The molecule has 63 heavy (non-hydrogen) atoms. The van der Waals surface area contributed by atoms with Crippen molar-refractivity contribution in [2.75, 3.05) is 4.90 Å². The molecule has 296 valence electrons. The molecule has 12 rings (SSSR count). The van der Waals surface area contributed by atoms with Gasteiger partial charge in [-0.3, -0.25) is 0 Å². The Kier molecular flexibility index (Phi) is 8.83. The lowest BCUT2D eigenvalue weighted by atomic mass is 9.87. The Morgan fingerprint density at radius 1 is 0.333 bits per heavy atom. The van der Waals surface area contributed by atoms with Gasteiger partial charge in [0.2, 0.25) is 0 Å². The van der Waals surface area contributed by atoms with Crippen LogP contribution < -0.4 is 4.90 Å². The van der Waals surface area contributed by atoms with Gasteiger partial charge in [-0.2, -0.15) is 0 Å². The van der Waals surface area contributed by atoms with E-state index in [-0.39, 0.29) is 0 Å². The van der Waals surface area contributed by atoms with Gasteiger partial charge in [-0.25, -0.2) is 0 Å². The van der Waals surface area contributed by atoms with Crippen LogP contribution in [0.25, 0.3) is 93.9 Å². The van der Waals surface area contributed by atoms with Crippen LogP contribution in [0.15, 0.2) is 247 Å². The van der Waals surface area contributed by atoms with Crippen molar-refractivity contribution in [1.82, 2.24) is 4.57 Å².